The molecule has 2 heteroatoms. The van der Waals surface area contributed by atoms with Crippen molar-refractivity contribution in [2.45, 2.75) is 48.8 Å². The summed E-state index contributed by atoms with van der Waals surface area (Å²) in [7, 11) is 2.01. The maximum atomic E-state index is 3.27. The summed E-state index contributed by atoms with van der Waals surface area (Å²) in [5, 5.41) is 4.14. The third-order valence-corrected chi connectivity index (χ3v) is 4.77. The van der Waals surface area contributed by atoms with Gasteiger partial charge in [0, 0.05) is 16.2 Å². The summed E-state index contributed by atoms with van der Waals surface area (Å²) in [5.41, 5.74) is 1.37. The molecule has 0 radical (unpaired) electrons. The van der Waals surface area contributed by atoms with Gasteiger partial charge in [0.15, 0.2) is 0 Å². The zero-order valence-electron chi connectivity index (χ0n) is 10.2. The first kappa shape index (κ1) is 12.0. The maximum Gasteiger partial charge on any atom is 0.0289 e. The molecule has 0 spiro atoms. The van der Waals surface area contributed by atoms with Gasteiger partial charge < -0.3 is 5.32 Å². The van der Waals surface area contributed by atoms with E-state index in [1.54, 1.807) is 0 Å². The van der Waals surface area contributed by atoms with Crippen LogP contribution in [0.4, 0.5) is 0 Å². The van der Waals surface area contributed by atoms with Crippen molar-refractivity contribution >= 4 is 11.8 Å². The van der Waals surface area contributed by atoms with Gasteiger partial charge in [0.1, 0.15) is 0 Å². The minimum Gasteiger partial charge on any atom is -0.313 e. The molecule has 1 fully saturated rings. The lowest BCUT2D eigenvalue weighted by atomic mass is 10.1. The van der Waals surface area contributed by atoms with Crippen molar-refractivity contribution in [1.29, 1.82) is 0 Å². The monoisotopic (exact) mass is 235 g/mol. The fraction of sp³-hybridized carbons (Fsp3) is 0.571. The maximum absolute atomic E-state index is 3.27. The molecule has 0 aliphatic heterocycles. The Kier molecular flexibility index (Phi) is 4.30. The Bertz CT molecular complexity index is 314. The van der Waals surface area contributed by atoms with Crippen LogP contribution in [0.2, 0.25) is 0 Å². The highest BCUT2D eigenvalue weighted by Gasteiger charge is 2.15. The number of thioether (sulfide) groups is 1. The van der Waals surface area contributed by atoms with E-state index in [1.165, 1.54) is 36.1 Å². The van der Waals surface area contributed by atoms with E-state index in [-0.39, 0.29) is 0 Å². The van der Waals surface area contributed by atoms with Crippen LogP contribution < -0.4 is 5.32 Å². The molecule has 0 aromatic heterocycles. The molecule has 1 nitrogen and oxygen atoms in total. The molecule has 1 unspecified atom stereocenters. The van der Waals surface area contributed by atoms with Gasteiger partial charge in [-0.25, -0.2) is 0 Å². The van der Waals surface area contributed by atoms with Crippen LogP contribution in [0.3, 0.4) is 0 Å². The van der Waals surface area contributed by atoms with Crippen molar-refractivity contribution < 1.29 is 0 Å². The average Bonchev–Trinajstić information content (AvgIpc) is 2.82. The Morgan fingerprint density at radius 2 is 1.81 bits per heavy atom. The molecular formula is C14H21NS. The summed E-state index contributed by atoms with van der Waals surface area (Å²) in [6.45, 7) is 2.19. The third kappa shape index (κ3) is 3.02. The molecule has 1 saturated carbocycles. The highest BCUT2D eigenvalue weighted by Crippen LogP contribution is 2.34. The van der Waals surface area contributed by atoms with E-state index in [0.29, 0.717) is 6.04 Å². The van der Waals surface area contributed by atoms with E-state index < -0.39 is 0 Å². The van der Waals surface area contributed by atoms with Crippen LogP contribution in [0.1, 0.15) is 44.2 Å². The molecule has 1 aliphatic carbocycles. The van der Waals surface area contributed by atoms with Gasteiger partial charge in [-0.2, -0.15) is 0 Å². The van der Waals surface area contributed by atoms with Gasteiger partial charge in [-0.15, -0.1) is 11.8 Å². The number of rotatable bonds is 4. The summed E-state index contributed by atoms with van der Waals surface area (Å²) in [6, 6.07) is 9.49. The minimum atomic E-state index is 0.450. The predicted octanol–water partition coefficient (Wildman–Crippen LogP) is 4.00. The summed E-state index contributed by atoms with van der Waals surface area (Å²) >= 11 is 2.06. The van der Waals surface area contributed by atoms with Crippen LogP contribution in [0, 0.1) is 0 Å². The predicted molar refractivity (Wildman–Crippen MR) is 72.0 cm³/mol. The molecule has 16 heavy (non-hydrogen) atoms. The van der Waals surface area contributed by atoms with Crippen molar-refractivity contribution in [1.82, 2.24) is 5.32 Å². The molecule has 0 bridgehead atoms. The standard InChI is InChI=1S/C14H21NS/c1-11(15-2)12-7-9-14(10-8-12)16-13-5-3-4-6-13/h7-11,13,15H,3-6H2,1-2H3. The fourth-order valence-electron chi connectivity index (χ4n) is 2.20. The second kappa shape index (κ2) is 5.74. The van der Waals surface area contributed by atoms with Crippen LogP contribution in [0.25, 0.3) is 0 Å². The van der Waals surface area contributed by atoms with Gasteiger partial charge in [0.2, 0.25) is 0 Å². The Hall–Kier alpha value is -0.470. The van der Waals surface area contributed by atoms with Gasteiger partial charge in [0.05, 0.1) is 0 Å². The molecule has 1 aliphatic rings. The molecule has 2 rings (SSSR count). The van der Waals surface area contributed by atoms with Gasteiger partial charge in [0.25, 0.3) is 0 Å². The molecule has 1 aromatic carbocycles. The quantitative estimate of drug-likeness (QED) is 0.846. The largest absolute Gasteiger partial charge is 0.313 e. The van der Waals surface area contributed by atoms with Crippen molar-refractivity contribution in [3.63, 3.8) is 0 Å². The van der Waals surface area contributed by atoms with Gasteiger partial charge in [-0.1, -0.05) is 25.0 Å². The van der Waals surface area contributed by atoms with E-state index in [9.17, 15) is 0 Å². The van der Waals surface area contributed by atoms with Crippen LogP contribution in [0.15, 0.2) is 29.2 Å². The Labute approximate surface area is 103 Å². The Morgan fingerprint density at radius 1 is 1.19 bits per heavy atom. The Morgan fingerprint density at radius 3 is 2.38 bits per heavy atom. The second-order valence-corrected chi connectivity index (χ2v) is 5.98. The SMILES string of the molecule is CNC(C)c1ccc(SC2CCCC2)cc1. The van der Waals surface area contributed by atoms with Crippen LogP contribution in [0.5, 0.6) is 0 Å². The molecular weight excluding hydrogens is 214 g/mol. The lowest BCUT2D eigenvalue weighted by Crippen LogP contribution is -2.11. The molecule has 1 aromatic rings. The number of hydrogen-bond donors (Lipinski definition) is 1. The number of nitrogens with one attached hydrogen (secondary N) is 1. The summed E-state index contributed by atoms with van der Waals surface area (Å²) in [4.78, 5) is 1.43. The topological polar surface area (TPSA) is 12.0 Å². The smallest absolute Gasteiger partial charge is 0.0289 e. The van der Waals surface area contributed by atoms with Crippen molar-refractivity contribution in [2.24, 2.45) is 0 Å². The lowest BCUT2D eigenvalue weighted by molar-refractivity contribution is 0.652. The first-order valence-electron chi connectivity index (χ1n) is 6.23. The third-order valence-electron chi connectivity index (χ3n) is 3.42. The first-order chi connectivity index (χ1) is 7.79. The number of benzene rings is 1. The van der Waals surface area contributed by atoms with Crippen LogP contribution >= 0.6 is 11.8 Å². The zero-order chi connectivity index (χ0) is 11.4. The fourth-order valence-corrected chi connectivity index (χ4v) is 3.45. The highest BCUT2D eigenvalue weighted by molar-refractivity contribution is 8.00. The minimum absolute atomic E-state index is 0.450. The van der Waals surface area contributed by atoms with Crippen molar-refractivity contribution in [3.05, 3.63) is 29.8 Å². The lowest BCUT2D eigenvalue weighted by Gasteiger charge is -2.12. The average molecular weight is 235 g/mol. The summed E-state index contributed by atoms with van der Waals surface area (Å²) in [6.07, 6.45) is 5.65. The van der Waals surface area contributed by atoms with E-state index >= 15 is 0 Å². The van der Waals surface area contributed by atoms with Crippen molar-refractivity contribution in [2.75, 3.05) is 7.05 Å². The van der Waals surface area contributed by atoms with E-state index in [1.807, 2.05) is 7.05 Å². The van der Waals surface area contributed by atoms with E-state index in [2.05, 4.69) is 48.3 Å². The molecule has 0 amide bonds. The summed E-state index contributed by atoms with van der Waals surface area (Å²) < 4.78 is 0. The molecule has 88 valence electrons. The Balaban J connectivity index is 1.96. The molecule has 0 heterocycles. The van der Waals surface area contributed by atoms with Gasteiger partial charge in [-0.3, -0.25) is 0 Å². The normalized spacial score (nSPS) is 18.9. The summed E-state index contributed by atoms with van der Waals surface area (Å²) in [5.74, 6) is 0. The van der Waals surface area contributed by atoms with Crippen LogP contribution in [-0.4, -0.2) is 12.3 Å². The van der Waals surface area contributed by atoms with Gasteiger partial charge in [-0.05, 0) is 44.5 Å². The first-order valence-corrected chi connectivity index (χ1v) is 7.11. The second-order valence-electron chi connectivity index (χ2n) is 4.60. The molecule has 0 saturated heterocycles. The molecule has 1 atom stereocenters. The van der Waals surface area contributed by atoms with Crippen molar-refractivity contribution in [3.8, 4) is 0 Å². The highest BCUT2D eigenvalue weighted by atomic mass is 32.2. The van der Waals surface area contributed by atoms with Crippen LogP contribution in [-0.2, 0) is 0 Å². The van der Waals surface area contributed by atoms with Gasteiger partial charge >= 0.3 is 0 Å². The molecule has 1 N–H and O–H groups in total. The number of hydrogen-bond acceptors (Lipinski definition) is 2. The van der Waals surface area contributed by atoms with E-state index in [4.69, 9.17) is 0 Å². The zero-order valence-corrected chi connectivity index (χ0v) is 11.0. The van der Waals surface area contributed by atoms with E-state index in [0.717, 1.165) is 5.25 Å².